The number of amides is 1. The van der Waals surface area contributed by atoms with Gasteiger partial charge in [0.25, 0.3) is 5.91 Å². The largest absolute Gasteiger partial charge is 0.497 e. The zero-order chi connectivity index (χ0) is 34.5. The lowest BCUT2D eigenvalue weighted by Crippen LogP contribution is -2.46. The van der Waals surface area contributed by atoms with Crippen molar-refractivity contribution in [3.05, 3.63) is 82.4 Å². The van der Waals surface area contributed by atoms with Gasteiger partial charge in [0.15, 0.2) is 11.5 Å². The Hall–Kier alpha value is -4.57. The van der Waals surface area contributed by atoms with E-state index in [0.29, 0.717) is 35.0 Å². The van der Waals surface area contributed by atoms with Crippen LogP contribution in [0.1, 0.15) is 76.9 Å². The van der Waals surface area contributed by atoms with E-state index in [2.05, 4.69) is 30.1 Å². The Morgan fingerprint density at radius 3 is 2.15 bits per heavy atom. The molecule has 0 N–H and O–H groups in total. The van der Waals surface area contributed by atoms with Gasteiger partial charge in [0, 0.05) is 48.8 Å². The molecular formula is C38H47N3O7. The van der Waals surface area contributed by atoms with Crippen LogP contribution in [-0.4, -0.2) is 101 Å². The number of methoxy groups -OCH3 is 3. The number of fused-ring (bicyclic) bond motifs is 3. The number of piperidine rings is 1. The van der Waals surface area contributed by atoms with Crippen molar-refractivity contribution < 1.29 is 33.3 Å². The van der Waals surface area contributed by atoms with Gasteiger partial charge in [-0.15, -0.1) is 0 Å². The van der Waals surface area contributed by atoms with E-state index >= 15 is 0 Å². The summed E-state index contributed by atoms with van der Waals surface area (Å²) in [4.78, 5) is 35.9. The molecule has 0 bridgehead atoms. The Balaban J connectivity index is 1.31. The van der Waals surface area contributed by atoms with E-state index in [4.69, 9.17) is 28.7 Å². The molecule has 2 heterocycles. The predicted octanol–water partition coefficient (Wildman–Crippen LogP) is 5.82. The van der Waals surface area contributed by atoms with Crippen LogP contribution in [0.25, 0.3) is 0 Å². The number of esters is 1. The molecular weight excluding hydrogens is 610 g/mol. The van der Waals surface area contributed by atoms with Crippen molar-refractivity contribution >= 4 is 18.1 Å². The Labute approximate surface area is 283 Å². The van der Waals surface area contributed by atoms with Gasteiger partial charge in [-0.3, -0.25) is 9.79 Å². The van der Waals surface area contributed by atoms with Crippen LogP contribution in [0.3, 0.4) is 0 Å². The zero-order valence-corrected chi connectivity index (χ0v) is 29.2. The Morgan fingerprint density at radius 2 is 1.54 bits per heavy atom. The van der Waals surface area contributed by atoms with Gasteiger partial charge in [0.2, 0.25) is 0 Å². The first kappa shape index (κ1) is 34.8. The van der Waals surface area contributed by atoms with E-state index in [1.807, 2.05) is 52.1 Å². The molecule has 0 saturated carbocycles. The first-order chi connectivity index (χ1) is 23.1. The molecule has 1 unspecified atom stereocenters. The summed E-state index contributed by atoms with van der Waals surface area (Å²) in [5.41, 5.74) is 4.31. The highest BCUT2D eigenvalue weighted by Gasteiger charge is 2.40. The van der Waals surface area contributed by atoms with Crippen LogP contribution in [0, 0.1) is 0 Å². The van der Waals surface area contributed by atoms with Gasteiger partial charge in [0.05, 0.1) is 45.6 Å². The van der Waals surface area contributed by atoms with Crippen LogP contribution >= 0.6 is 0 Å². The van der Waals surface area contributed by atoms with Gasteiger partial charge in [-0.05, 0) is 87.8 Å². The SMILES string of the molecule is CCOc1cc2c(cc1OC)C=N[C@@H]1C(c3ccc(C(=O)N(C(C)C)[C@@H](C)COC(=O)c4cc(OC)cc(OC)c4)cc3)CN(C)C[C@H]21. The fourth-order valence-electron chi connectivity index (χ4n) is 6.90. The number of benzene rings is 3. The number of rotatable bonds is 12. The highest BCUT2D eigenvalue weighted by Crippen LogP contribution is 2.44. The third kappa shape index (κ3) is 7.28. The molecule has 5 rings (SSSR count). The second-order valence-corrected chi connectivity index (χ2v) is 12.7. The van der Waals surface area contributed by atoms with Crippen molar-refractivity contribution in [1.82, 2.24) is 9.80 Å². The number of nitrogens with zero attached hydrogens (tertiary/aromatic N) is 3. The highest BCUT2D eigenvalue weighted by atomic mass is 16.5. The van der Waals surface area contributed by atoms with Gasteiger partial charge in [-0.2, -0.15) is 0 Å². The molecule has 1 fully saturated rings. The van der Waals surface area contributed by atoms with Crippen LogP contribution in [0.2, 0.25) is 0 Å². The van der Waals surface area contributed by atoms with Crippen LogP contribution in [0.4, 0.5) is 0 Å². The lowest BCUT2D eigenvalue weighted by atomic mass is 9.74. The summed E-state index contributed by atoms with van der Waals surface area (Å²) in [6, 6.07) is 16.5. The molecule has 2 aliphatic heterocycles. The number of likely N-dealkylation sites (N-methyl/N-ethyl adjacent to an activating group) is 1. The van der Waals surface area contributed by atoms with Gasteiger partial charge >= 0.3 is 5.97 Å². The molecule has 0 spiro atoms. The third-order valence-electron chi connectivity index (χ3n) is 9.19. The summed E-state index contributed by atoms with van der Waals surface area (Å²) >= 11 is 0. The molecule has 1 amide bonds. The lowest BCUT2D eigenvalue weighted by molar-refractivity contribution is 0.0292. The summed E-state index contributed by atoms with van der Waals surface area (Å²) in [6.07, 6.45) is 1.96. The fraction of sp³-hybridized carbons (Fsp3) is 0.447. The van der Waals surface area contributed by atoms with Crippen LogP contribution in [0.5, 0.6) is 23.0 Å². The molecule has 10 nitrogen and oxygen atoms in total. The average molecular weight is 658 g/mol. The second kappa shape index (κ2) is 15.1. The first-order valence-electron chi connectivity index (χ1n) is 16.5. The van der Waals surface area contributed by atoms with E-state index in [1.165, 1.54) is 19.8 Å². The molecule has 2 aliphatic rings. The minimum Gasteiger partial charge on any atom is -0.497 e. The van der Waals surface area contributed by atoms with Crippen molar-refractivity contribution in [1.29, 1.82) is 0 Å². The van der Waals surface area contributed by atoms with E-state index in [1.54, 1.807) is 30.2 Å². The molecule has 48 heavy (non-hydrogen) atoms. The molecule has 0 radical (unpaired) electrons. The van der Waals surface area contributed by atoms with Crippen molar-refractivity contribution in [2.45, 2.75) is 57.7 Å². The Morgan fingerprint density at radius 1 is 0.875 bits per heavy atom. The van der Waals surface area contributed by atoms with Gasteiger partial charge < -0.3 is 33.5 Å². The summed E-state index contributed by atoms with van der Waals surface area (Å²) in [5, 5.41) is 0. The van der Waals surface area contributed by atoms with E-state index in [9.17, 15) is 9.59 Å². The summed E-state index contributed by atoms with van der Waals surface area (Å²) in [5.74, 6) is 2.14. The zero-order valence-electron chi connectivity index (χ0n) is 29.2. The highest BCUT2D eigenvalue weighted by molar-refractivity contribution is 5.95. The van der Waals surface area contributed by atoms with Gasteiger partial charge in [0.1, 0.15) is 18.1 Å². The smallest absolute Gasteiger partial charge is 0.338 e. The van der Waals surface area contributed by atoms with Crippen molar-refractivity contribution in [3.63, 3.8) is 0 Å². The maximum Gasteiger partial charge on any atom is 0.338 e. The summed E-state index contributed by atoms with van der Waals surface area (Å²) < 4.78 is 27.7. The number of carbonyl (C=O) groups excluding carboxylic acids is 2. The first-order valence-corrected chi connectivity index (χ1v) is 16.5. The summed E-state index contributed by atoms with van der Waals surface area (Å²) in [7, 11) is 6.84. The topological polar surface area (TPSA) is 99.1 Å². The molecule has 3 aromatic carbocycles. The number of aliphatic imine (C=N–C) groups is 1. The number of hydrogen-bond donors (Lipinski definition) is 0. The van der Waals surface area contributed by atoms with Gasteiger partial charge in [-0.25, -0.2) is 4.79 Å². The lowest BCUT2D eigenvalue weighted by Gasteiger charge is -2.43. The van der Waals surface area contributed by atoms with Crippen LogP contribution < -0.4 is 18.9 Å². The third-order valence-corrected chi connectivity index (χ3v) is 9.19. The monoisotopic (exact) mass is 657 g/mol. The number of ether oxygens (including phenoxy) is 5. The van der Waals surface area contributed by atoms with Crippen molar-refractivity contribution in [3.8, 4) is 23.0 Å². The number of hydrogen-bond acceptors (Lipinski definition) is 9. The maximum absolute atomic E-state index is 13.9. The molecule has 1 saturated heterocycles. The van der Waals surface area contributed by atoms with E-state index in [0.717, 1.165) is 30.0 Å². The molecule has 10 heteroatoms. The maximum atomic E-state index is 13.9. The standard InChI is InChI=1S/C38H47N3O7/c1-9-47-35-18-31-28(16-34(35)46-8)19-39-36-32(20-40(5)21-33(31)36)25-10-12-26(13-11-25)37(42)41(23(2)3)24(4)22-48-38(43)27-14-29(44-6)17-30(15-27)45-7/h10-19,23-24,32-33,36H,9,20-22H2,1-8H3/t24-,32?,33+,36+/m0/s1. The van der Waals surface area contributed by atoms with E-state index < -0.39 is 5.97 Å². The average Bonchev–Trinajstić information content (AvgIpc) is 3.09. The molecule has 0 aromatic heterocycles. The molecule has 0 aliphatic carbocycles. The molecule has 256 valence electrons. The van der Waals surface area contributed by atoms with Gasteiger partial charge in [-0.1, -0.05) is 12.1 Å². The number of likely N-dealkylation sites (tertiary alicyclic amines) is 1. The predicted molar refractivity (Wildman–Crippen MR) is 186 cm³/mol. The molecule has 3 aromatic rings. The van der Waals surface area contributed by atoms with E-state index in [-0.39, 0.29) is 42.5 Å². The molecule has 4 atom stereocenters. The van der Waals surface area contributed by atoms with Crippen LogP contribution in [-0.2, 0) is 4.74 Å². The van der Waals surface area contributed by atoms with Crippen LogP contribution in [0.15, 0.2) is 59.6 Å². The quantitative estimate of drug-likeness (QED) is 0.225. The normalized spacial score (nSPS) is 19.1. The summed E-state index contributed by atoms with van der Waals surface area (Å²) in [6.45, 7) is 10.1. The fourth-order valence-corrected chi connectivity index (χ4v) is 6.90. The minimum atomic E-state index is -0.517. The van der Waals surface area contributed by atoms with Crippen molar-refractivity contribution in [2.75, 3.05) is 54.7 Å². The number of carbonyl (C=O) groups is 2. The Kier molecular flexibility index (Phi) is 10.9. The Bertz CT molecular complexity index is 1620. The second-order valence-electron chi connectivity index (χ2n) is 12.7. The minimum absolute atomic E-state index is 0.0359. The van der Waals surface area contributed by atoms with Crippen molar-refractivity contribution in [2.24, 2.45) is 4.99 Å².